The molecule has 1 aliphatic rings. The smallest absolute Gasteiger partial charge is 0.0509 e. The summed E-state index contributed by atoms with van der Waals surface area (Å²) in [6.07, 6.45) is 3.97. The van der Waals surface area contributed by atoms with Crippen LogP contribution in [0.3, 0.4) is 0 Å². The third-order valence-corrected chi connectivity index (χ3v) is 4.46. The summed E-state index contributed by atoms with van der Waals surface area (Å²) in [4.78, 5) is 0. The van der Waals surface area contributed by atoms with Gasteiger partial charge in [0, 0.05) is 13.3 Å². The molecule has 1 rings (SSSR count). The lowest BCUT2D eigenvalue weighted by molar-refractivity contribution is 0.312. The van der Waals surface area contributed by atoms with Crippen molar-refractivity contribution < 1.29 is 4.52 Å². The summed E-state index contributed by atoms with van der Waals surface area (Å²) in [5.41, 5.74) is 0. The molecule has 2 heteroatoms. The minimum Gasteiger partial charge on any atom is -0.359 e. The maximum atomic E-state index is 5.71. The molecule has 60 valence electrons. The summed E-state index contributed by atoms with van der Waals surface area (Å²) in [6.45, 7) is 7.85. The molecular formula is C8H17OP. The van der Waals surface area contributed by atoms with Gasteiger partial charge in [0.15, 0.2) is 0 Å². The molecule has 1 aliphatic heterocycles. The van der Waals surface area contributed by atoms with Crippen LogP contribution in [0.4, 0.5) is 0 Å². The molecule has 1 nitrogen and oxygen atoms in total. The van der Waals surface area contributed by atoms with Crippen LogP contribution >= 0.6 is 8.15 Å². The summed E-state index contributed by atoms with van der Waals surface area (Å²) in [5, 5.41) is 0.412. The van der Waals surface area contributed by atoms with Crippen molar-refractivity contribution in [2.24, 2.45) is 0 Å². The predicted molar refractivity (Wildman–Crippen MR) is 46.7 cm³/mol. The van der Waals surface area contributed by atoms with Crippen LogP contribution in [0.15, 0.2) is 0 Å². The van der Waals surface area contributed by atoms with E-state index in [1.54, 1.807) is 0 Å². The minimum atomic E-state index is -0.113. The van der Waals surface area contributed by atoms with E-state index >= 15 is 0 Å². The van der Waals surface area contributed by atoms with Gasteiger partial charge in [0.05, 0.1) is 6.61 Å². The lowest BCUT2D eigenvalue weighted by Gasteiger charge is -2.33. The molecule has 1 saturated heterocycles. The van der Waals surface area contributed by atoms with Gasteiger partial charge in [0.1, 0.15) is 0 Å². The van der Waals surface area contributed by atoms with Crippen molar-refractivity contribution >= 4 is 8.15 Å². The van der Waals surface area contributed by atoms with Crippen molar-refractivity contribution in [2.45, 2.75) is 38.8 Å². The van der Waals surface area contributed by atoms with Gasteiger partial charge in [-0.05, 0) is 19.0 Å². The second kappa shape index (κ2) is 3.19. The molecule has 10 heavy (non-hydrogen) atoms. The third kappa shape index (κ3) is 2.21. The molecule has 0 radical (unpaired) electrons. The van der Waals surface area contributed by atoms with Crippen LogP contribution in [0, 0.1) is 0 Å². The molecule has 0 aromatic rings. The minimum absolute atomic E-state index is 0.113. The highest BCUT2D eigenvalue weighted by molar-refractivity contribution is 7.54. The van der Waals surface area contributed by atoms with Crippen LogP contribution in [0.5, 0.6) is 0 Å². The van der Waals surface area contributed by atoms with Gasteiger partial charge in [-0.25, -0.2) is 0 Å². The molecule has 1 heterocycles. The van der Waals surface area contributed by atoms with E-state index in [0.717, 1.165) is 6.61 Å². The van der Waals surface area contributed by atoms with Crippen molar-refractivity contribution in [1.82, 2.24) is 0 Å². The van der Waals surface area contributed by atoms with E-state index in [2.05, 4.69) is 20.8 Å². The van der Waals surface area contributed by atoms with Gasteiger partial charge in [-0.1, -0.05) is 20.8 Å². The highest BCUT2D eigenvalue weighted by Gasteiger charge is 2.26. The van der Waals surface area contributed by atoms with Crippen molar-refractivity contribution in [1.29, 1.82) is 0 Å². The number of hydrogen-bond donors (Lipinski definition) is 0. The Labute approximate surface area is 65.0 Å². The zero-order valence-electron chi connectivity index (χ0n) is 7.18. The molecule has 0 bridgehead atoms. The lowest BCUT2D eigenvalue weighted by Crippen LogP contribution is -2.18. The van der Waals surface area contributed by atoms with Crippen LogP contribution in [-0.4, -0.2) is 17.9 Å². The van der Waals surface area contributed by atoms with Gasteiger partial charge in [0.25, 0.3) is 0 Å². The topological polar surface area (TPSA) is 9.23 Å². The van der Waals surface area contributed by atoms with Crippen LogP contribution in [-0.2, 0) is 4.52 Å². The third-order valence-electron chi connectivity index (χ3n) is 1.75. The highest BCUT2D eigenvalue weighted by Crippen LogP contribution is 2.52. The molecule has 1 fully saturated rings. The first-order valence-electron chi connectivity index (χ1n) is 4.01. The average Bonchev–Trinajstić information content (AvgIpc) is 1.88. The Morgan fingerprint density at radius 3 is 2.20 bits per heavy atom. The second-order valence-corrected chi connectivity index (χ2v) is 6.62. The Kier molecular flexibility index (Phi) is 2.71. The summed E-state index contributed by atoms with van der Waals surface area (Å²) >= 11 is 0. The Hall–Kier alpha value is 0.390. The first-order chi connectivity index (χ1) is 4.61. The normalized spacial score (nSPS) is 28.5. The lowest BCUT2D eigenvalue weighted by atomic mass is 10.3. The van der Waals surface area contributed by atoms with E-state index in [-0.39, 0.29) is 8.15 Å². The van der Waals surface area contributed by atoms with E-state index in [0.29, 0.717) is 5.16 Å². The summed E-state index contributed by atoms with van der Waals surface area (Å²) < 4.78 is 5.71. The highest BCUT2D eigenvalue weighted by atomic mass is 31.1. The van der Waals surface area contributed by atoms with Crippen LogP contribution in [0.2, 0.25) is 0 Å². The summed E-state index contributed by atoms with van der Waals surface area (Å²) in [6, 6.07) is 0. The second-order valence-electron chi connectivity index (χ2n) is 3.81. The zero-order chi connectivity index (χ0) is 7.61. The van der Waals surface area contributed by atoms with Crippen LogP contribution in [0.1, 0.15) is 33.6 Å². The Bertz CT molecular complexity index is 100. The molecule has 0 aliphatic carbocycles. The standard InChI is InChI=1S/C8H17OP/c1-8(2,3)10-7-5-4-6-9-10/h4-7H2,1-3H3. The van der Waals surface area contributed by atoms with Crippen molar-refractivity contribution in [2.75, 3.05) is 12.8 Å². The first-order valence-corrected chi connectivity index (χ1v) is 5.46. The molecule has 0 amide bonds. The number of rotatable bonds is 0. The summed E-state index contributed by atoms with van der Waals surface area (Å²) in [5.74, 6) is 0. The van der Waals surface area contributed by atoms with Crippen molar-refractivity contribution in [3.8, 4) is 0 Å². The fourth-order valence-electron chi connectivity index (χ4n) is 1.13. The Balaban J connectivity index is 2.39. The Morgan fingerprint density at radius 2 is 1.90 bits per heavy atom. The molecular weight excluding hydrogens is 143 g/mol. The molecule has 0 spiro atoms. The average molecular weight is 160 g/mol. The van der Waals surface area contributed by atoms with Gasteiger partial charge >= 0.3 is 0 Å². The van der Waals surface area contributed by atoms with E-state index in [4.69, 9.17) is 4.52 Å². The molecule has 0 aromatic carbocycles. The van der Waals surface area contributed by atoms with Gasteiger partial charge < -0.3 is 4.52 Å². The van der Waals surface area contributed by atoms with Crippen molar-refractivity contribution in [3.05, 3.63) is 0 Å². The van der Waals surface area contributed by atoms with Gasteiger partial charge in [-0.15, -0.1) is 0 Å². The fraction of sp³-hybridized carbons (Fsp3) is 1.00. The SMILES string of the molecule is CC(C)(C)P1CCCCO1. The first kappa shape index (κ1) is 8.49. The van der Waals surface area contributed by atoms with Gasteiger partial charge in [-0.3, -0.25) is 0 Å². The Morgan fingerprint density at radius 1 is 1.20 bits per heavy atom. The van der Waals surface area contributed by atoms with Gasteiger partial charge in [-0.2, -0.15) is 0 Å². The van der Waals surface area contributed by atoms with Gasteiger partial charge in [0.2, 0.25) is 0 Å². The fourth-order valence-corrected chi connectivity index (χ4v) is 3.17. The van der Waals surface area contributed by atoms with Crippen LogP contribution < -0.4 is 0 Å². The largest absolute Gasteiger partial charge is 0.359 e. The van der Waals surface area contributed by atoms with E-state index in [1.165, 1.54) is 19.0 Å². The molecule has 1 atom stereocenters. The monoisotopic (exact) mass is 160 g/mol. The quantitative estimate of drug-likeness (QED) is 0.495. The molecule has 1 unspecified atom stereocenters. The molecule has 0 saturated carbocycles. The van der Waals surface area contributed by atoms with Crippen molar-refractivity contribution in [3.63, 3.8) is 0 Å². The maximum Gasteiger partial charge on any atom is 0.0509 e. The zero-order valence-corrected chi connectivity index (χ0v) is 8.08. The molecule has 0 aromatic heterocycles. The molecule has 0 N–H and O–H groups in total. The summed E-state index contributed by atoms with van der Waals surface area (Å²) in [7, 11) is -0.113. The number of hydrogen-bond acceptors (Lipinski definition) is 1. The van der Waals surface area contributed by atoms with E-state index in [9.17, 15) is 0 Å². The van der Waals surface area contributed by atoms with E-state index in [1.807, 2.05) is 0 Å². The van der Waals surface area contributed by atoms with Crippen LogP contribution in [0.25, 0.3) is 0 Å². The predicted octanol–water partition coefficient (Wildman–Crippen LogP) is 2.99. The maximum absolute atomic E-state index is 5.71. The van der Waals surface area contributed by atoms with E-state index < -0.39 is 0 Å².